The van der Waals surface area contributed by atoms with Crippen LogP contribution in [0.4, 0.5) is 0 Å². The Labute approximate surface area is 88.8 Å². The average molecular weight is 228 g/mol. The van der Waals surface area contributed by atoms with Crippen molar-refractivity contribution in [3.63, 3.8) is 0 Å². The molecule has 0 N–H and O–H groups in total. The van der Waals surface area contributed by atoms with Crippen molar-refractivity contribution in [2.45, 2.75) is 39.7 Å². The van der Waals surface area contributed by atoms with Gasteiger partial charge in [-0.3, -0.25) is 0 Å². The molecule has 0 bridgehead atoms. The smallest absolute Gasteiger partial charge is 0.230 e. The Kier molecular flexibility index (Phi) is 8.48. The molecule has 0 aliphatic carbocycles. The van der Waals surface area contributed by atoms with Gasteiger partial charge in [0.05, 0.1) is 0 Å². The Bertz CT molecular complexity index is 255. The number of rotatable bonds is 2. The molecule has 0 saturated heterocycles. The maximum absolute atomic E-state index is 8.13. The molecule has 14 heavy (non-hydrogen) atoms. The predicted molar refractivity (Wildman–Crippen MR) is 66.2 cm³/mol. The summed E-state index contributed by atoms with van der Waals surface area (Å²) < 4.78 is 0. The minimum Gasteiger partial charge on any atom is -0.363 e. The summed E-state index contributed by atoms with van der Waals surface area (Å²) in [6.07, 6.45) is 0. The van der Waals surface area contributed by atoms with Crippen molar-refractivity contribution >= 4 is 28.0 Å². The second-order valence-corrected chi connectivity index (χ2v) is 12.6. The molecule has 0 fully saturated rings. The first-order valence-corrected chi connectivity index (χ1v) is 11.1. The monoisotopic (exact) mass is 228 g/mol. The summed E-state index contributed by atoms with van der Waals surface area (Å²) in [5.74, 6) is 1.63. The summed E-state index contributed by atoms with van der Waals surface area (Å²) in [4.78, 5) is 6.01. The lowest BCUT2D eigenvalue weighted by Crippen LogP contribution is -2.22. The van der Waals surface area contributed by atoms with Crippen LogP contribution >= 0.6 is 0 Å². The Morgan fingerprint density at radius 2 is 1.64 bits per heavy atom. The second kappa shape index (κ2) is 7.58. The van der Waals surface area contributed by atoms with Gasteiger partial charge in [-0.05, 0) is 0 Å². The van der Waals surface area contributed by atoms with E-state index in [4.69, 9.17) is 11.1 Å². The molecule has 0 rings (SSSR count). The Morgan fingerprint density at radius 1 is 1.21 bits per heavy atom. The highest BCUT2D eigenvalue weighted by Crippen LogP contribution is 1.91. The van der Waals surface area contributed by atoms with Crippen molar-refractivity contribution < 1.29 is 9.58 Å². The first-order valence-electron chi connectivity index (χ1n) is 4.61. The highest BCUT2D eigenvalue weighted by atomic mass is 28.3. The first-order chi connectivity index (χ1) is 6.24. The lowest BCUT2D eigenvalue weighted by atomic mass is 10.9. The van der Waals surface area contributed by atoms with Crippen LogP contribution in [0.3, 0.4) is 0 Å². The van der Waals surface area contributed by atoms with Crippen LogP contribution in [0, 0.1) is 0 Å². The largest absolute Gasteiger partial charge is 0.363 e. The lowest BCUT2D eigenvalue weighted by molar-refractivity contribution is -0.00160. The van der Waals surface area contributed by atoms with Crippen LogP contribution in [-0.4, -0.2) is 37.6 Å². The van der Waals surface area contributed by atoms with E-state index in [0.717, 1.165) is 5.33 Å². The molecule has 0 aromatic heterocycles. The first kappa shape index (κ1) is 15.7. The van der Waals surface area contributed by atoms with Crippen LogP contribution in [0.1, 0.15) is 6.92 Å². The molecule has 0 radical (unpaired) electrons. The maximum atomic E-state index is 8.13. The third kappa shape index (κ3) is 13.8. The van der Waals surface area contributed by atoms with Crippen LogP contribution in [0.25, 0.3) is 11.1 Å². The molecule has 0 heterocycles. The van der Waals surface area contributed by atoms with E-state index in [1.807, 2.05) is 6.92 Å². The van der Waals surface area contributed by atoms with Crippen LogP contribution in [0.5, 0.6) is 0 Å². The molecule has 80 valence electrons. The van der Waals surface area contributed by atoms with Crippen molar-refractivity contribution in [3.8, 4) is 0 Å². The fourth-order valence-electron chi connectivity index (χ4n) is 0.289. The quantitative estimate of drug-likeness (QED) is 0.299. The highest BCUT2D eigenvalue weighted by molar-refractivity contribution is 6.98. The minimum absolute atomic E-state index is 0.765. The van der Waals surface area contributed by atoms with Gasteiger partial charge in [0.2, 0.25) is 11.2 Å². The van der Waals surface area contributed by atoms with Gasteiger partial charge in [0.1, 0.15) is 0 Å². The minimum atomic E-state index is -1.20. The molecule has 0 amide bonds. The summed E-state index contributed by atoms with van der Waals surface area (Å²) in [7, 11) is -1.96. The fourth-order valence-corrected chi connectivity index (χ4v) is 0.866. The van der Waals surface area contributed by atoms with Gasteiger partial charge < -0.3 is 11.1 Å². The molecule has 0 spiro atoms. The molecule has 0 aliphatic heterocycles. The molecular weight excluding hydrogens is 208 g/mol. The molecule has 6 heteroatoms. The van der Waals surface area contributed by atoms with E-state index in [1.54, 1.807) is 5.84 Å². The Hall–Kier alpha value is -0.806. The summed E-state index contributed by atoms with van der Waals surface area (Å²) >= 11 is 0. The third-order valence-corrected chi connectivity index (χ3v) is 4.11. The second-order valence-electron chi connectivity index (χ2n) is 4.51. The topological polar surface area (TPSA) is 72.8 Å². The van der Waals surface area contributed by atoms with Gasteiger partial charge in [-0.25, -0.2) is 0 Å². The molecule has 0 atom stereocenters. The van der Waals surface area contributed by atoms with E-state index in [-0.39, 0.29) is 0 Å². The van der Waals surface area contributed by atoms with Gasteiger partial charge >= 0.3 is 0 Å². The van der Waals surface area contributed by atoms with E-state index >= 15 is 0 Å². The molecule has 0 aromatic rings. The van der Waals surface area contributed by atoms with Crippen molar-refractivity contribution in [2.75, 3.05) is 0 Å². The molecule has 0 unspecified atom stereocenters. The van der Waals surface area contributed by atoms with Crippen LogP contribution in [0.2, 0.25) is 32.7 Å². The molecule has 0 aromatic carbocycles. The van der Waals surface area contributed by atoms with Crippen molar-refractivity contribution in [3.05, 3.63) is 11.1 Å². The van der Waals surface area contributed by atoms with Gasteiger partial charge in [-0.2, -0.15) is 9.58 Å². The van der Waals surface area contributed by atoms with Crippen LogP contribution in [0.15, 0.2) is 0 Å². The summed E-state index contributed by atoms with van der Waals surface area (Å²) in [5.41, 5.74) is 16.1. The van der Waals surface area contributed by atoms with Gasteiger partial charge in [0, 0.05) is 6.92 Å². The van der Waals surface area contributed by atoms with Crippen LogP contribution in [-0.2, 0) is 0 Å². The van der Waals surface area contributed by atoms with E-state index in [1.165, 1.54) is 0 Å². The average Bonchev–Trinajstić information content (AvgIpc) is 2.01. The van der Waals surface area contributed by atoms with Crippen molar-refractivity contribution in [1.82, 2.24) is 0 Å². The van der Waals surface area contributed by atoms with E-state index < -0.39 is 16.9 Å². The normalized spacial score (nSPS) is 9.36. The molecular formula is C8H20N4Si2. The van der Waals surface area contributed by atoms with Gasteiger partial charge in [0.25, 0.3) is 0 Å². The van der Waals surface area contributed by atoms with Gasteiger partial charge in [-0.1, -0.05) is 32.7 Å². The summed E-state index contributed by atoms with van der Waals surface area (Å²) in [6.45, 7) is 12.4. The highest BCUT2D eigenvalue weighted by Gasteiger charge is 2.14. The maximum Gasteiger partial charge on any atom is 0.230 e. The SMILES string of the molecule is CC(=[N+]=[N-])[SiH](C)C.C[Si](C)(C)C=[N+]=[N-]. The van der Waals surface area contributed by atoms with Gasteiger partial charge in [0.15, 0.2) is 16.9 Å². The Morgan fingerprint density at radius 3 is 1.64 bits per heavy atom. The van der Waals surface area contributed by atoms with Crippen molar-refractivity contribution in [1.29, 1.82) is 0 Å². The summed E-state index contributed by atoms with van der Waals surface area (Å²) in [6, 6.07) is 0. The zero-order valence-electron chi connectivity index (χ0n) is 9.94. The number of hydrogen-bond acceptors (Lipinski definition) is 0. The van der Waals surface area contributed by atoms with E-state index in [0.29, 0.717) is 0 Å². The zero-order chi connectivity index (χ0) is 11.8. The van der Waals surface area contributed by atoms with Crippen LogP contribution < -0.4 is 0 Å². The number of hydrogen-bond donors (Lipinski definition) is 0. The predicted octanol–water partition coefficient (Wildman–Crippen LogP) is 1.87. The third-order valence-electron chi connectivity index (χ3n) is 1.44. The molecule has 0 saturated carbocycles. The van der Waals surface area contributed by atoms with Gasteiger partial charge in [-0.15, -0.1) is 0 Å². The number of nitrogens with zero attached hydrogens (tertiary/aromatic N) is 4. The van der Waals surface area contributed by atoms with E-state index in [9.17, 15) is 0 Å². The lowest BCUT2D eigenvalue weighted by Gasteiger charge is -1.95. The zero-order valence-corrected chi connectivity index (χ0v) is 12.1. The Balaban J connectivity index is 0. The molecule has 4 nitrogen and oxygen atoms in total. The summed E-state index contributed by atoms with van der Waals surface area (Å²) in [5, 5.41) is 0.917. The van der Waals surface area contributed by atoms with E-state index in [2.05, 4.69) is 42.3 Å². The fraction of sp³-hybridized carbons (Fsp3) is 0.750. The molecule has 0 aliphatic rings. The van der Waals surface area contributed by atoms with Crippen molar-refractivity contribution in [2.24, 2.45) is 0 Å². The standard InChI is InChI=1S/2C4H10N2Si/c1-7(2,3)4-6-5;1-4(6-5)7(2)3/h4H,1-3H3;7H,1-3H3.